The predicted octanol–water partition coefficient (Wildman–Crippen LogP) is 3.42. The van der Waals surface area contributed by atoms with Gasteiger partial charge in [-0.2, -0.15) is 0 Å². The van der Waals surface area contributed by atoms with Crippen LogP contribution in [0, 0.1) is 0 Å². The van der Waals surface area contributed by atoms with Gasteiger partial charge in [-0.3, -0.25) is 4.79 Å². The molecule has 2 aromatic carbocycles. The van der Waals surface area contributed by atoms with Crippen molar-refractivity contribution in [2.45, 2.75) is 0 Å². The molecule has 128 valence electrons. The lowest BCUT2D eigenvalue weighted by atomic mass is 10.1. The van der Waals surface area contributed by atoms with E-state index in [0.717, 1.165) is 11.3 Å². The first-order chi connectivity index (χ1) is 12.2. The standard InChI is InChI=1S/C18H17N3O3S/c1-23-15-7-2-3-8-16(15)24-10-17(22)20-13-6-4-5-12(9-13)14-11-25-18(19)21-14/h2-9,11H,10H2,1H3,(H2,19,21)(H,20,22). The van der Waals surface area contributed by atoms with E-state index in [9.17, 15) is 4.79 Å². The molecule has 0 fully saturated rings. The van der Waals surface area contributed by atoms with Gasteiger partial charge in [0, 0.05) is 16.6 Å². The Morgan fingerprint density at radius 2 is 2.00 bits per heavy atom. The highest BCUT2D eigenvalue weighted by Gasteiger charge is 2.09. The number of carbonyl (C=O) groups excluding carboxylic acids is 1. The number of anilines is 2. The van der Waals surface area contributed by atoms with E-state index in [1.807, 2.05) is 35.7 Å². The van der Waals surface area contributed by atoms with E-state index in [1.165, 1.54) is 11.3 Å². The molecule has 3 rings (SSSR count). The Hall–Kier alpha value is -3.06. The molecule has 1 amide bonds. The largest absolute Gasteiger partial charge is 0.493 e. The molecule has 0 aliphatic rings. The number of thiazole rings is 1. The molecule has 25 heavy (non-hydrogen) atoms. The monoisotopic (exact) mass is 355 g/mol. The molecule has 0 aliphatic heterocycles. The molecule has 7 heteroatoms. The summed E-state index contributed by atoms with van der Waals surface area (Å²) < 4.78 is 10.7. The molecule has 0 radical (unpaired) electrons. The number of hydrogen-bond donors (Lipinski definition) is 2. The second kappa shape index (κ2) is 7.67. The summed E-state index contributed by atoms with van der Waals surface area (Å²) >= 11 is 1.38. The van der Waals surface area contributed by atoms with E-state index in [2.05, 4.69) is 10.3 Å². The Kier molecular flexibility index (Phi) is 5.15. The Balaban J connectivity index is 1.63. The minimum atomic E-state index is -0.263. The van der Waals surface area contributed by atoms with E-state index in [4.69, 9.17) is 15.2 Å². The van der Waals surface area contributed by atoms with Gasteiger partial charge >= 0.3 is 0 Å². The molecular formula is C18H17N3O3S. The molecule has 0 aliphatic carbocycles. The number of hydrogen-bond acceptors (Lipinski definition) is 6. The van der Waals surface area contributed by atoms with Crippen molar-refractivity contribution in [3.63, 3.8) is 0 Å². The number of rotatable bonds is 6. The van der Waals surface area contributed by atoms with Crippen LogP contribution in [0.5, 0.6) is 11.5 Å². The van der Waals surface area contributed by atoms with E-state index < -0.39 is 0 Å². The lowest BCUT2D eigenvalue weighted by molar-refractivity contribution is -0.118. The smallest absolute Gasteiger partial charge is 0.262 e. The van der Waals surface area contributed by atoms with Crippen LogP contribution >= 0.6 is 11.3 Å². The van der Waals surface area contributed by atoms with Crippen molar-refractivity contribution in [3.05, 3.63) is 53.9 Å². The number of nitrogens with one attached hydrogen (secondary N) is 1. The molecule has 6 nitrogen and oxygen atoms in total. The van der Waals surface area contributed by atoms with Crippen LogP contribution in [-0.4, -0.2) is 24.6 Å². The molecule has 1 aromatic heterocycles. The number of methoxy groups -OCH3 is 1. The van der Waals surface area contributed by atoms with Gasteiger partial charge in [-0.1, -0.05) is 24.3 Å². The summed E-state index contributed by atoms with van der Waals surface area (Å²) in [4.78, 5) is 16.4. The van der Waals surface area contributed by atoms with Crippen LogP contribution in [0.1, 0.15) is 0 Å². The van der Waals surface area contributed by atoms with Crippen LogP contribution in [0.3, 0.4) is 0 Å². The van der Waals surface area contributed by atoms with Crippen LogP contribution in [-0.2, 0) is 4.79 Å². The Labute approximate surface area is 149 Å². The number of nitrogens with two attached hydrogens (primary N) is 1. The van der Waals surface area contributed by atoms with E-state index in [0.29, 0.717) is 22.3 Å². The van der Waals surface area contributed by atoms with Crippen molar-refractivity contribution >= 4 is 28.1 Å². The van der Waals surface area contributed by atoms with Gasteiger partial charge in [-0.05, 0) is 24.3 Å². The zero-order valence-corrected chi connectivity index (χ0v) is 14.4. The van der Waals surface area contributed by atoms with Gasteiger partial charge in [-0.25, -0.2) is 4.98 Å². The van der Waals surface area contributed by atoms with Crippen molar-refractivity contribution in [1.82, 2.24) is 4.98 Å². The summed E-state index contributed by atoms with van der Waals surface area (Å²) in [5.41, 5.74) is 8.00. The zero-order valence-electron chi connectivity index (χ0n) is 13.6. The lowest BCUT2D eigenvalue weighted by Gasteiger charge is -2.11. The highest BCUT2D eigenvalue weighted by molar-refractivity contribution is 7.13. The Bertz CT molecular complexity index is 879. The van der Waals surface area contributed by atoms with Gasteiger partial charge < -0.3 is 20.5 Å². The highest BCUT2D eigenvalue weighted by atomic mass is 32.1. The first-order valence-corrected chi connectivity index (χ1v) is 8.41. The number of ether oxygens (including phenoxy) is 2. The zero-order chi connectivity index (χ0) is 17.6. The molecule has 3 N–H and O–H groups in total. The average molecular weight is 355 g/mol. The fraction of sp³-hybridized carbons (Fsp3) is 0.111. The van der Waals surface area contributed by atoms with Crippen molar-refractivity contribution in [2.24, 2.45) is 0 Å². The lowest BCUT2D eigenvalue weighted by Crippen LogP contribution is -2.20. The van der Waals surface area contributed by atoms with Crippen molar-refractivity contribution in [3.8, 4) is 22.8 Å². The number of benzene rings is 2. The van der Waals surface area contributed by atoms with Gasteiger partial charge in [-0.15, -0.1) is 11.3 Å². The van der Waals surface area contributed by atoms with Gasteiger partial charge in [0.1, 0.15) is 0 Å². The molecule has 0 unspecified atom stereocenters. The maximum Gasteiger partial charge on any atom is 0.262 e. The summed E-state index contributed by atoms with van der Waals surface area (Å²) in [6.45, 7) is -0.117. The molecule has 0 saturated heterocycles. The predicted molar refractivity (Wildman–Crippen MR) is 99.1 cm³/mol. The Morgan fingerprint density at radius 1 is 1.20 bits per heavy atom. The average Bonchev–Trinajstić information content (AvgIpc) is 3.07. The quantitative estimate of drug-likeness (QED) is 0.707. The van der Waals surface area contributed by atoms with E-state index in [-0.39, 0.29) is 12.5 Å². The molecule has 0 bridgehead atoms. The minimum Gasteiger partial charge on any atom is -0.493 e. The van der Waals surface area contributed by atoms with Gasteiger partial charge in [0.15, 0.2) is 23.2 Å². The third kappa shape index (κ3) is 4.27. The first kappa shape index (κ1) is 16.8. The summed E-state index contributed by atoms with van der Waals surface area (Å²) in [6, 6.07) is 14.6. The number of nitrogens with zero attached hydrogens (tertiary/aromatic N) is 1. The number of para-hydroxylation sites is 2. The number of aromatic nitrogens is 1. The number of nitrogen functional groups attached to an aromatic ring is 1. The maximum absolute atomic E-state index is 12.1. The SMILES string of the molecule is COc1ccccc1OCC(=O)Nc1cccc(-c2csc(N)n2)c1. The summed E-state index contributed by atoms with van der Waals surface area (Å²) in [5, 5.41) is 5.19. The summed E-state index contributed by atoms with van der Waals surface area (Å²) in [6.07, 6.45) is 0. The first-order valence-electron chi connectivity index (χ1n) is 7.53. The van der Waals surface area contributed by atoms with Crippen LogP contribution in [0.4, 0.5) is 10.8 Å². The summed E-state index contributed by atoms with van der Waals surface area (Å²) in [7, 11) is 1.55. The van der Waals surface area contributed by atoms with Crippen molar-refractivity contribution in [1.29, 1.82) is 0 Å². The second-order valence-corrected chi connectivity index (χ2v) is 6.03. The van der Waals surface area contributed by atoms with Crippen molar-refractivity contribution < 1.29 is 14.3 Å². The van der Waals surface area contributed by atoms with Crippen molar-refractivity contribution in [2.75, 3.05) is 24.8 Å². The van der Waals surface area contributed by atoms with Gasteiger partial charge in [0.2, 0.25) is 0 Å². The highest BCUT2D eigenvalue weighted by Crippen LogP contribution is 2.26. The molecule has 0 atom stereocenters. The topological polar surface area (TPSA) is 86.5 Å². The molecule has 0 saturated carbocycles. The van der Waals surface area contributed by atoms with Crippen LogP contribution in [0.15, 0.2) is 53.9 Å². The summed E-state index contributed by atoms with van der Waals surface area (Å²) in [5.74, 6) is 0.839. The Morgan fingerprint density at radius 3 is 2.72 bits per heavy atom. The molecule has 3 aromatic rings. The fourth-order valence-electron chi connectivity index (χ4n) is 2.25. The normalized spacial score (nSPS) is 10.3. The van der Waals surface area contributed by atoms with E-state index >= 15 is 0 Å². The minimum absolute atomic E-state index is 0.117. The fourth-order valence-corrected chi connectivity index (χ4v) is 2.83. The number of amides is 1. The molecule has 0 spiro atoms. The molecular weight excluding hydrogens is 338 g/mol. The van der Waals surface area contributed by atoms with Gasteiger partial charge in [0.05, 0.1) is 12.8 Å². The number of carbonyl (C=O) groups is 1. The van der Waals surface area contributed by atoms with E-state index in [1.54, 1.807) is 25.3 Å². The molecule has 1 heterocycles. The maximum atomic E-state index is 12.1. The van der Waals surface area contributed by atoms with Crippen LogP contribution in [0.25, 0.3) is 11.3 Å². The van der Waals surface area contributed by atoms with Crippen LogP contribution in [0.2, 0.25) is 0 Å². The second-order valence-electron chi connectivity index (χ2n) is 5.14. The van der Waals surface area contributed by atoms with Crippen LogP contribution < -0.4 is 20.5 Å². The third-order valence-corrected chi connectivity index (χ3v) is 4.07. The van der Waals surface area contributed by atoms with Gasteiger partial charge in [0.25, 0.3) is 5.91 Å². The third-order valence-electron chi connectivity index (χ3n) is 3.39.